The summed E-state index contributed by atoms with van der Waals surface area (Å²) in [5.74, 6) is 0.231. The third-order valence-electron chi connectivity index (χ3n) is 3.88. The maximum absolute atomic E-state index is 13.7. The van der Waals surface area contributed by atoms with Gasteiger partial charge in [-0.05, 0) is 25.5 Å². The predicted molar refractivity (Wildman–Crippen MR) is 84.9 cm³/mol. The molecule has 1 aromatic carbocycles. The van der Waals surface area contributed by atoms with E-state index in [1.807, 2.05) is 24.6 Å². The van der Waals surface area contributed by atoms with Gasteiger partial charge in [0.25, 0.3) is 0 Å². The summed E-state index contributed by atoms with van der Waals surface area (Å²) in [4.78, 5) is 16.3. The van der Waals surface area contributed by atoms with Crippen LogP contribution in [0.2, 0.25) is 0 Å². The monoisotopic (exact) mass is 306 g/mol. The van der Waals surface area contributed by atoms with Gasteiger partial charge in [0.05, 0.1) is 11.1 Å². The molecule has 0 bridgehead atoms. The van der Waals surface area contributed by atoms with E-state index in [4.69, 9.17) is 5.73 Å². The molecule has 3 N–H and O–H groups in total. The van der Waals surface area contributed by atoms with E-state index in [1.165, 1.54) is 6.07 Å². The molecule has 0 fully saturated rings. The molecule has 0 aliphatic carbocycles. The lowest BCUT2D eigenvalue weighted by Gasteiger charge is -2.22. The Labute approximate surface area is 129 Å². The predicted octanol–water partition coefficient (Wildman–Crippen LogP) is 1.89. The van der Waals surface area contributed by atoms with Crippen LogP contribution < -0.4 is 11.1 Å². The smallest absolute Gasteiger partial charge is 0.239 e. The number of rotatable bonds is 6. The number of amides is 1. The highest BCUT2D eigenvalue weighted by Gasteiger charge is 2.26. The average molecular weight is 306 g/mol. The van der Waals surface area contributed by atoms with Crippen LogP contribution in [0.5, 0.6) is 0 Å². The van der Waals surface area contributed by atoms with E-state index in [2.05, 4.69) is 10.3 Å². The van der Waals surface area contributed by atoms with E-state index in [0.29, 0.717) is 24.9 Å². The molecule has 0 aliphatic heterocycles. The number of nitrogens with zero attached hydrogens (tertiary/aromatic N) is 2. The number of benzene rings is 1. The first-order valence-corrected chi connectivity index (χ1v) is 7.54. The second-order valence-electron chi connectivity index (χ2n) is 5.87. The molecule has 1 amide bonds. The Morgan fingerprint density at radius 1 is 1.50 bits per heavy atom. The summed E-state index contributed by atoms with van der Waals surface area (Å²) in [5, 5.41) is 2.83. The summed E-state index contributed by atoms with van der Waals surface area (Å²) in [6.45, 7) is 4.15. The van der Waals surface area contributed by atoms with Gasteiger partial charge < -0.3 is 15.6 Å². The number of para-hydroxylation sites is 1. The topological polar surface area (TPSA) is 72.9 Å². The zero-order valence-electron chi connectivity index (χ0n) is 13.3. The fourth-order valence-electron chi connectivity index (χ4n) is 2.57. The first kappa shape index (κ1) is 16.4. The molecule has 0 saturated heterocycles. The maximum atomic E-state index is 13.7. The third-order valence-corrected chi connectivity index (χ3v) is 3.88. The molecule has 1 heterocycles. The number of imidazole rings is 1. The number of carbonyl (C=O) groups excluding carboxylic acids is 1. The Hall–Kier alpha value is -1.95. The van der Waals surface area contributed by atoms with Crippen molar-refractivity contribution in [3.05, 3.63) is 29.8 Å². The molecule has 5 nitrogen and oxygen atoms in total. The number of hydrogen-bond donors (Lipinski definition) is 2. The number of nitrogens with two attached hydrogens (primary N) is 1. The van der Waals surface area contributed by atoms with Gasteiger partial charge in [-0.1, -0.05) is 19.4 Å². The van der Waals surface area contributed by atoms with E-state index in [1.54, 1.807) is 13.0 Å². The molecule has 1 atom stereocenters. The van der Waals surface area contributed by atoms with Crippen LogP contribution >= 0.6 is 0 Å². The molecule has 6 heteroatoms. The van der Waals surface area contributed by atoms with E-state index < -0.39 is 5.54 Å². The standard InChI is InChI=1S/C16H23FN4O/c1-4-9-16(2,18)15(22)19-10-8-13-20-14-11(17)6-5-7-12(14)21(13)3/h5-7H,4,8-10,18H2,1-3H3,(H,19,22). The van der Waals surface area contributed by atoms with Crippen molar-refractivity contribution in [3.63, 3.8) is 0 Å². The Balaban J connectivity index is 2.02. The minimum atomic E-state index is -0.854. The number of nitrogens with one attached hydrogen (secondary N) is 1. The van der Waals surface area contributed by atoms with Crippen molar-refractivity contribution in [1.82, 2.24) is 14.9 Å². The van der Waals surface area contributed by atoms with E-state index >= 15 is 0 Å². The lowest BCUT2D eigenvalue weighted by atomic mass is 9.96. The van der Waals surface area contributed by atoms with Crippen molar-refractivity contribution >= 4 is 16.9 Å². The molecule has 0 radical (unpaired) electrons. The van der Waals surface area contributed by atoms with Crippen LogP contribution in [0.3, 0.4) is 0 Å². The van der Waals surface area contributed by atoms with Gasteiger partial charge in [0.1, 0.15) is 11.3 Å². The summed E-state index contributed by atoms with van der Waals surface area (Å²) >= 11 is 0. The molecule has 0 aliphatic rings. The number of halogens is 1. The van der Waals surface area contributed by atoms with Crippen LogP contribution in [0, 0.1) is 5.82 Å². The first-order valence-electron chi connectivity index (χ1n) is 7.54. The van der Waals surface area contributed by atoms with Gasteiger partial charge in [0, 0.05) is 20.0 Å². The zero-order chi connectivity index (χ0) is 16.3. The van der Waals surface area contributed by atoms with Crippen molar-refractivity contribution in [2.45, 2.75) is 38.6 Å². The Bertz CT molecular complexity index is 678. The van der Waals surface area contributed by atoms with Crippen LogP contribution in [-0.2, 0) is 18.3 Å². The number of fused-ring (bicyclic) bond motifs is 1. The number of aryl methyl sites for hydroxylation is 1. The molecule has 2 aromatic rings. The molecule has 0 spiro atoms. The number of hydrogen-bond acceptors (Lipinski definition) is 3. The Morgan fingerprint density at radius 3 is 2.86 bits per heavy atom. The summed E-state index contributed by atoms with van der Waals surface area (Å²) in [6, 6.07) is 4.88. The Kier molecular flexibility index (Phi) is 4.81. The molecule has 120 valence electrons. The van der Waals surface area contributed by atoms with Crippen molar-refractivity contribution < 1.29 is 9.18 Å². The van der Waals surface area contributed by atoms with Gasteiger partial charge in [-0.2, -0.15) is 0 Å². The van der Waals surface area contributed by atoms with Gasteiger partial charge in [0.15, 0.2) is 5.82 Å². The molecule has 1 unspecified atom stereocenters. The lowest BCUT2D eigenvalue weighted by Crippen LogP contribution is -2.51. The quantitative estimate of drug-likeness (QED) is 0.856. The normalized spacial score (nSPS) is 14.0. The van der Waals surface area contributed by atoms with Crippen LogP contribution in [0.15, 0.2) is 18.2 Å². The van der Waals surface area contributed by atoms with Crippen molar-refractivity contribution in [2.75, 3.05) is 6.54 Å². The SMILES string of the molecule is CCCC(C)(N)C(=O)NCCc1nc2c(F)cccc2n1C. The summed E-state index contributed by atoms with van der Waals surface area (Å²) in [5.41, 5.74) is 6.23. The van der Waals surface area contributed by atoms with Crippen molar-refractivity contribution in [1.29, 1.82) is 0 Å². The van der Waals surface area contributed by atoms with E-state index in [9.17, 15) is 9.18 Å². The summed E-state index contributed by atoms with van der Waals surface area (Å²) < 4.78 is 15.6. The third kappa shape index (κ3) is 3.27. The van der Waals surface area contributed by atoms with Crippen molar-refractivity contribution in [3.8, 4) is 0 Å². The largest absolute Gasteiger partial charge is 0.354 e. The minimum absolute atomic E-state index is 0.167. The zero-order valence-corrected chi connectivity index (χ0v) is 13.3. The lowest BCUT2D eigenvalue weighted by molar-refractivity contribution is -0.126. The second kappa shape index (κ2) is 6.44. The molecular weight excluding hydrogens is 283 g/mol. The molecule has 0 saturated carbocycles. The molecular formula is C16H23FN4O. The average Bonchev–Trinajstić information content (AvgIpc) is 2.77. The fraction of sp³-hybridized carbons (Fsp3) is 0.500. The van der Waals surface area contributed by atoms with Crippen LogP contribution in [0.1, 0.15) is 32.5 Å². The summed E-state index contributed by atoms with van der Waals surface area (Å²) in [7, 11) is 1.84. The Morgan fingerprint density at radius 2 is 2.23 bits per heavy atom. The minimum Gasteiger partial charge on any atom is -0.354 e. The van der Waals surface area contributed by atoms with E-state index in [-0.39, 0.29) is 11.7 Å². The highest BCUT2D eigenvalue weighted by Crippen LogP contribution is 2.18. The van der Waals surface area contributed by atoms with Gasteiger partial charge >= 0.3 is 0 Å². The van der Waals surface area contributed by atoms with Crippen LogP contribution in [0.25, 0.3) is 11.0 Å². The highest BCUT2D eigenvalue weighted by molar-refractivity contribution is 5.85. The fourth-order valence-corrected chi connectivity index (χ4v) is 2.57. The van der Waals surface area contributed by atoms with Crippen LogP contribution in [-0.4, -0.2) is 27.5 Å². The van der Waals surface area contributed by atoms with Gasteiger partial charge in [-0.15, -0.1) is 0 Å². The molecule has 22 heavy (non-hydrogen) atoms. The second-order valence-corrected chi connectivity index (χ2v) is 5.87. The highest BCUT2D eigenvalue weighted by atomic mass is 19.1. The maximum Gasteiger partial charge on any atom is 0.239 e. The van der Waals surface area contributed by atoms with E-state index in [0.717, 1.165) is 17.8 Å². The van der Waals surface area contributed by atoms with Crippen molar-refractivity contribution in [2.24, 2.45) is 12.8 Å². The number of carbonyl (C=O) groups is 1. The number of aromatic nitrogens is 2. The molecule has 1 aromatic heterocycles. The van der Waals surface area contributed by atoms with Gasteiger partial charge in [-0.25, -0.2) is 9.37 Å². The first-order chi connectivity index (χ1) is 10.4. The summed E-state index contributed by atoms with van der Waals surface area (Å²) in [6.07, 6.45) is 2.01. The van der Waals surface area contributed by atoms with Gasteiger partial charge in [0.2, 0.25) is 5.91 Å². The molecule has 2 rings (SSSR count). The van der Waals surface area contributed by atoms with Gasteiger partial charge in [-0.3, -0.25) is 4.79 Å². The van der Waals surface area contributed by atoms with Crippen LogP contribution in [0.4, 0.5) is 4.39 Å².